The average Bonchev–Trinajstić information content (AvgIpc) is 3.17. The topological polar surface area (TPSA) is 55.8 Å². The van der Waals surface area contributed by atoms with Crippen molar-refractivity contribution in [2.24, 2.45) is 0 Å². The predicted molar refractivity (Wildman–Crippen MR) is 96.4 cm³/mol. The second kappa shape index (κ2) is 6.99. The van der Waals surface area contributed by atoms with E-state index in [9.17, 15) is 17.2 Å². The van der Waals surface area contributed by atoms with Crippen LogP contribution in [0, 0.1) is 0 Å². The summed E-state index contributed by atoms with van der Waals surface area (Å²) >= 11 is 0. The molecular formula is C19H19F2NO4S. The molecule has 144 valence electrons. The molecule has 27 heavy (non-hydrogen) atoms. The minimum Gasteiger partial charge on any atom is -0.486 e. The summed E-state index contributed by atoms with van der Waals surface area (Å²) in [5.41, 5.74) is 1.89. The van der Waals surface area contributed by atoms with Crippen molar-refractivity contribution in [1.82, 2.24) is 0 Å². The fourth-order valence-electron chi connectivity index (χ4n) is 3.62. The molecule has 0 spiro atoms. The van der Waals surface area contributed by atoms with E-state index in [4.69, 9.17) is 9.47 Å². The number of benzene rings is 2. The molecule has 0 bridgehead atoms. The van der Waals surface area contributed by atoms with Crippen molar-refractivity contribution in [3.8, 4) is 11.5 Å². The van der Waals surface area contributed by atoms with E-state index in [1.54, 1.807) is 12.1 Å². The molecule has 0 radical (unpaired) electrons. The molecule has 2 aromatic rings. The van der Waals surface area contributed by atoms with E-state index in [0.29, 0.717) is 13.2 Å². The summed E-state index contributed by atoms with van der Waals surface area (Å²) in [6.07, 6.45) is 1.92. The zero-order valence-electron chi connectivity index (χ0n) is 14.5. The third kappa shape index (κ3) is 3.34. The Labute approximate surface area is 156 Å². The molecule has 1 saturated heterocycles. The second-order valence-corrected chi connectivity index (χ2v) is 8.47. The lowest BCUT2D eigenvalue weighted by Gasteiger charge is -2.28. The van der Waals surface area contributed by atoms with Gasteiger partial charge >= 0.3 is 5.76 Å². The Morgan fingerprint density at radius 3 is 2.41 bits per heavy atom. The lowest BCUT2D eigenvalue weighted by molar-refractivity contribution is 0.171. The number of alkyl halides is 2. The third-order valence-corrected chi connectivity index (χ3v) is 6.33. The number of fused-ring (bicyclic) bond motifs is 1. The highest BCUT2D eigenvalue weighted by Crippen LogP contribution is 2.40. The van der Waals surface area contributed by atoms with Crippen LogP contribution in [-0.4, -0.2) is 33.9 Å². The SMILES string of the molecule is O=S(=O)(c1ccc(N2CCC[C@H]2c2ccc3c(c2)OCCO3)cc1)C(F)F. The zero-order chi connectivity index (χ0) is 19.0. The molecule has 1 fully saturated rings. The van der Waals surface area contributed by atoms with Crippen molar-refractivity contribution in [2.45, 2.75) is 29.5 Å². The van der Waals surface area contributed by atoms with Crippen LogP contribution in [0.15, 0.2) is 47.4 Å². The van der Waals surface area contributed by atoms with Gasteiger partial charge in [0.15, 0.2) is 11.5 Å². The van der Waals surface area contributed by atoms with Crippen LogP contribution in [0.1, 0.15) is 24.4 Å². The van der Waals surface area contributed by atoms with Crippen molar-refractivity contribution in [1.29, 1.82) is 0 Å². The quantitative estimate of drug-likeness (QED) is 0.788. The van der Waals surface area contributed by atoms with Crippen molar-refractivity contribution < 1.29 is 26.7 Å². The van der Waals surface area contributed by atoms with Gasteiger partial charge in [0.05, 0.1) is 10.9 Å². The van der Waals surface area contributed by atoms with Gasteiger partial charge in [-0.25, -0.2) is 8.42 Å². The summed E-state index contributed by atoms with van der Waals surface area (Å²) in [6, 6.07) is 11.7. The number of anilines is 1. The molecule has 2 aliphatic rings. The van der Waals surface area contributed by atoms with Gasteiger partial charge in [0.2, 0.25) is 9.84 Å². The normalized spacial score (nSPS) is 19.5. The smallest absolute Gasteiger partial charge is 0.341 e. The summed E-state index contributed by atoms with van der Waals surface area (Å²) in [5, 5.41) is 0. The van der Waals surface area contributed by atoms with Crippen molar-refractivity contribution in [3.63, 3.8) is 0 Å². The molecule has 5 nitrogen and oxygen atoms in total. The number of nitrogens with zero attached hydrogens (tertiary/aromatic N) is 1. The molecular weight excluding hydrogens is 376 g/mol. The second-order valence-electron chi connectivity index (χ2n) is 6.55. The number of hydrogen-bond donors (Lipinski definition) is 0. The Morgan fingerprint density at radius 2 is 1.70 bits per heavy atom. The van der Waals surface area contributed by atoms with E-state index < -0.39 is 15.6 Å². The molecule has 0 aromatic heterocycles. The Morgan fingerprint density at radius 1 is 1.00 bits per heavy atom. The lowest BCUT2D eigenvalue weighted by atomic mass is 10.0. The standard InChI is InChI=1S/C19H19F2NO4S/c20-19(21)27(23,24)15-6-4-14(5-7-15)22-9-1-2-16(22)13-3-8-17-18(12-13)26-11-10-25-17/h3-8,12,16,19H,1-2,9-11H2/t16-/m0/s1. The maximum Gasteiger partial charge on any atom is 0.341 e. The van der Waals surface area contributed by atoms with E-state index in [0.717, 1.165) is 42.1 Å². The van der Waals surface area contributed by atoms with Gasteiger partial charge in [0.25, 0.3) is 0 Å². The summed E-state index contributed by atoms with van der Waals surface area (Å²) < 4.78 is 59.8. The maximum absolute atomic E-state index is 12.7. The molecule has 0 saturated carbocycles. The summed E-state index contributed by atoms with van der Waals surface area (Å²) in [4.78, 5) is 1.79. The summed E-state index contributed by atoms with van der Waals surface area (Å²) in [5.74, 6) is -1.96. The Hall–Kier alpha value is -2.35. The predicted octanol–water partition coefficient (Wildman–Crippen LogP) is 3.80. The van der Waals surface area contributed by atoms with Crippen molar-refractivity contribution >= 4 is 15.5 Å². The number of sulfone groups is 1. The molecule has 2 aromatic carbocycles. The minimum absolute atomic E-state index is 0.110. The number of rotatable bonds is 4. The monoisotopic (exact) mass is 395 g/mol. The first-order valence-electron chi connectivity index (χ1n) is 8.75. The van der Waals surface area contributed by atoms with Gasteiger partial charge in [0, 0.05) is 12.2 Å². The molecule has 1 atom stereocenters. The Kier molecular flexibility index (Phi) is 4.67. The minimum atomic E-state index is -4.58. The van der Waals surface area contributed by atoms with Crippen LogP contribution in [0.4, 0.5) is 14.5 Å². The number of ether oxygens (including phenoxy) is 2. The van der Waals surface area contributed by atoms with Gasteiger partial charge in [0.1, 0.15) is 13.2 Å². The lowest BCUT2D eigenvalue weighted by Crippen LogP contribution is -2.23. The number of hydrogen-bond acceptors (Lipinski definition) is 5. The van der Waals surface area contributed by atoms with Gasteiger partial charge in [-0.15, -0.1) is 0 Å². The molecule has 4 rings (SSSR count). The third-order valence-electron chi connectivity index (χ3n) is 4.94. The summed E-state index contributed by atoms with van der Waals surface area (Å²) in [7, 11) is -4.58. The molecule has 0 aliphatic carbocycles. The fraction of sp³-hybridized carbons (Fsp3) is 0.368. The van der Waals surface area contributed by atoms with Crippen molar-refractivity contribution in [2.75, 3.05) is 24.7 Å². The first-order chi connectivity index (χ1) is 13.0. The fourth-order valence-corrected chi connectivity index (χ4v) is 4.34. The van der Waals surface area contributed by atoms with Crippen LogP contribution in [0.3, 0.4) is 0 Å². The van der Waals surface area contributed by atoms with Gasteiger partial charge in [-0.1, -0.05) is 6.07 Å². The van der Waals surface area contributed by atoms with E-state index in [2.05, 4.69) is 4.90 Å². The Balaban J connectivity index is 1.60. The first kappa shape index (κ1) is 18.0. The van der Waals surface area contributed by atoms with Crippen LogP contribution in [0.25, 0.3) is 0 Å². The largest absolute Gasteiger partial charge is 0.486 e. The highest BCUT2D eigenvalue weighted by Gasteiger charge is 2.29. The van der Waals surface area contributed by atoms with Gasteiger partial charge in [-0.3, -0.25) is 0 Å². The van der Waals surface area contributed by atoms with Crippen LogP contribution >= 0.6 is 0 Å². The van der Waals surface area contributed by atoms with Gasteiger partial charge in [-0.05, 0) is 54.8 Å². The van der Waals surface area contributed by atoms with Crippen LogP contribution in [0.2, 0.25) is 0 Å². The molecule has 8 heteroatoms. The van der Waals surface area contributed by atoms with Gasteiger partial charge < -0.3 is 14.4 Å². The molecule has 2 aliphatic heterocycles. The van der Waals surface area contributed by atoms with Crippen LogP contribution < -0.4 is 14.4 Å². The van der Waals surface area contributed by atoms with Crippen molar-refractivity contribution in [3.05, 3.63) is 48.0 Å². The van der Waals surface area contributed by atoms with E-state index >= 15 is 0 Å². The highest BCUT2D eigenvalue weighted by atomic mass is 32.2. The van der Waals surface area contributed by atoms with Gasteiger partial charge in [-0.2, -0.15) is 8.78 Å². The van der Waals surface area contributed by atoms with E-state index in [1.165, 1.54) is 12.1 Å². The maximum atomic E-state index is 12.7. The van der Waals surface area contributed by atoms with E-state index in [1.807, 2.05) is 18.2 Å². The van der Waals surface area contributed by atoms with Crippen LogP contribution in [0.5, 0.6) is 11.5 Å². The Bertz CT molecular complexity index is 931. The summed E-state index contributed by atoms with van der Waals surface area (Å²) in [6.45, 7) is 1.86. The zero-order valence-corrected chi connectivity index (χ0v) is 15.3. The molecule has 2 heterocycles. The van der Waals surface area contributed by atoms with E-state index in [-0.39, 0.29) is 10.9 Å². The first-order valence-corrected chi connectivity index (χ1v) is 10.3. The van der Waals surface area contributed by atoms with Crippen LogP contribution in [-0.2, 0) is 9.84 Å². The molecule has 0 unspecified atom stereocenters. The number of halogens is 2. The average molecular weight is 395 g/mol. The highest BCUT2D eigenvalue weighted by molar-refractivity contribution is 7.91. The molecule has 0 amide bonds. The molecule has 0 N–H and O–H groups in total.